The molecule has 1 heterocycles. The van der Waals surface area contributed by atoms with Gasteiger partial charge in [-0.2, -0.15) is 0 Å². The van der Waals surface area contributed by atoms with Crippen LogP contribution >= 0.6 is 11.6 Å². The van der Waals surface area contributed by atoms with E-state index in [-0.39, 0.29) is 0 Å². The Morgan fingerprint density at radius 3 is 2.67 bits per heavy atom. The first-order valence-corrected chi connectivity index (χ1v) is 7.01. The molecule has 0 fully saturated rings. The summed E-state index contributed by atoms with van der Waals surface area (Å²) in [4.78, 5) is 4.34. The number of aryl methyl sites for hydroxylation is 1. The number of allylic oxidation sites excluding steroid dienone is 1. The Bertz CT molecular complexity index is 804. The third kappa shape index (κ3) is 2.93. The first-order valence-electron chi connectivity index (χ1n) is 6.63. The highest BCUT2D eigenvalue weighted by Crippen LogP contribution is 2.31. The number of oxazole rings is 1. The van der Waals surface area contributed by atoms with Crippen LogP contribution in [0.15, 0.2) is 46.9 Å². The molecule has 0 aliphatic rings. The molecule has 21 heavy (non-hydrogen) atoms. The Morgan fingerprint density at radius 1 is 1.19 bits per heavy atom. The monoisotopic (exact) mass is 299 g/mol. The van der Waals surface area contributed by atoms with E-state index in [0.29, 0.717) is 10.9 Å². The van der Waals surface area contributed by atoms with Crippen LogP contribution < -0.4 is 4.74 Å². The summed E-state index contributed by atoms with van der Waals surface area (Å²) < 4.78 is 11.5. The van der Waals surface area contributed by atoms with Gasteiger partial charge in [-0.15, -0.1) is 0 Å². The zero-order chi connectivity index (χ0) is 14.8. The summed E-state index contributed by atoms with van der Waals surface area (Å²) in [7, 11) is 0. The number of hydrogen-bond donors (Lipinski definition) is 0. The van der Waals surface area contributed by atoms with Crippen molar-refractivity contribution >= 4 is 28.8 Å². The molecule has 0 bridgehead atoms. The zero-order valence-corrected chi connectivity index (χ0v) is 12.5. The average Bonchev–Trinajstić information content (AvgIpc) is 2.81. The van der Waals surface area contributed by atoms with Gasteiger partial charge in [0, 0.05) is 23.6 Å². The molecular weight excluding hydrogens is 286 g/mol. The molecule has 1 aromatic heterocycles. The largest absolute Gasteiger partial charge is 0.457 e. The zero-order valence-electron chi connectivity index (χ0n) is 11.8. The van der Waals surface area contributed by atoms with E-state index in [2.05, 4.69) is 4.98 Å². The van der Waals surface area contributed by atoms with Gasteiger partial charge in [0.2, 0.25) is 0 Å². The summed E-state index contributed by atoms with van der Waals surface area (Å²) in [6.07, 6.45) is 3.93. The van der Waals surface area contributed by atoms with Gasteiger partial charge in [-0.25, -0.2) is 4.98 Å². The van der Waals surface area contributed by atoms with E-state index in [4.69, 9.17) is 20.8 Å². The van der Waals surface area contributed by atoms with E-state index in [9.17, 15) is 0 Å². The van der Waals surface area contributed by atoms with Gasteiger partial charge in [-0.05, 0) is 37.3 Å². The molecule has 3 rings (SSSR count). The molecule has 0 saturated carbocycles. The van der Waals surface area contributed by atoms with Crippen molar-refractivity contribution in [3.05, 3.63) is 59.0 Å². The maximum absolute atomic E-state index is 5.94. The van der Waals surface area contributed by atoms with Crippen molar-refractivity contribution < 1.29 is 9.15 Å². The highest BCUT2D eigenvalue weighted by Gasteiger charge is 2.10. The number of halogens is 1. The third-order valence-corrected chi connectivity index (χ3v) is 3.27. The second-order valence-electron chi connectivity index (χ2n) is 4.65. The Labute approximate surface area is 127 Å². The molecule has 0 aliphatic heterocycles. The van der Waals surface area contributed by atoms with E-state index in [1.165, 1.54) is 0 Å². The van der Waals surface area contributed by atoms with Crippen LogP contribution in [-0.4, -0.2) is 4.98 Å². The molecule has 106 valence electrons. The topological polar surface area (TPSA) is 35.3 Å². The van der Waals surface area contributed by atoms with Gasteiger partial charge in [0.25, 0.3) is 0 Å². The van der Waals surface area contributed by atoms with Crippen LogP contribution in [0.2, 0.25) is 5.02 Å². The van der Waals surface area contributed by atoms with Crippen LogP contribution in [0.4, 0.5) is 0 Å². The van der Waals surface area contributed by atoms with Gasteiger partial charge in [-0.1, -0.05) is 23.8 Å². The van der Waals surface area contributed by atoms with Crippen LogP contribution in [-0.2, 0) is 0 Å². The Balaban J connectivity index is 2.06. The fourth-order valence-electron chi connectivity index (χ4n) is 2.11. The van der Waals surface area contributed by atoms with E-state index < -0.39 is 0 Å². The standard InChI is InChI=1S/C17H14ClNO2/c1-3-4-12-9-17-15(19-11(2)20-17)10-16(12)21-14-7-5-13(18)6-8-14/h3-10H,1-2H3/b4-3+. The minimum Gasteiger partial charge on any atom is -0.457 e. The number of benzene rings is 2. The molecule has 4 heteroatoms. The number of rotatable bonds is 3. The molecule has 3 nitrogen and oxygen atoms in total. The smallest absolute Gasteiger partial charge is 0.192 e. The van der Waals surface area contributed by atoms with Crippen molar-refractivity contribution in [1.82, 2.24) is 4.98 Å². The fraction of sp³-hybridized carbons (Fsp3) is 0.118. The lowest BCUT2D eigenvalue weighted by Gasteiger charge is -2.09. The predicted molar refractivity (Wildman–Crippen MR) is 85.0 cm³/mol. The summed E-state index contributed by atoms with van der Waals surface area (Å²) in [5.74, 6) is 2.10. The van der Waals surface area contributed by atoms with Crippen LogP contribution in [0.1, 0.15) is 18.4 Å². The van der Waals surface area contributed by atoms with Gasteiger partial charge >= 0.3 is 0 Å². The van der Waals surface area contributed by atoms with Gasteiger partial charge in [0.05, 0.1) is 0 Å². The van der Waals surface area contributed by atoms with Gasteiger partial charge < -0.3 is 9.15 Å². The fourth-order valence-corrected chi connectivity index (χ4v) is 2.24. The van der Waals surface area contributed by atoms with Gasteiger partial charge in [-0.3, -0.25) is 0 Å². The Kier molecular flexibility index (Phi) is 3.67. The molecule has 0 radical (unpaired) electrons. The number of nitrogens with zero attached hydrogens (tertiary/aromatic N) is 1. The first-order chi connectivity index (χ1) is 10.2. The van der Waals surface area contributed by atoms with Gasteiger partial charge in [0.1, 0.15) is 17.0 Å². The minimum absolute atomic E-state index is 0.639. The minimum atomic E-state index is 0.639. The van der Waals surface area contributed by atoms with Crippen LogP contribution in [0.5, 0.6) is 11.5 Å². The molecule has 0 unspecified atom stereocenters. The number of ether oxygens (including phenoxy) is 1. The molecule has 2 aromatic carbocycles. The lowest BCUT2D eigenvalue weighted by atomic mass is 10.1. The summed E-state index contributed by atoms with van der Waals surface area (Å²) in [5, 5.41) is 0.679. The van der Waals surface area contributed by atoms with E-state index in [1.807, 2.05) is 50.3 Å². The van der Waals surface area contributed by atoms with Crippen LogP contribution in [0, 0.1) is 6.92 Å². The lowest BCUT2D eigenvalue weighted by molar-refractivity contribution is 0.482. The molecule has 0 spiro atoms. The maximum atomic E-state index is 5.94. The molecule has 0 saturated heterocycles. The summed E-state index contributed by atoms with van der Waals surface area (Å²) >= 11 is 5.89. The Hall–Kier alpha value is -2.26. The maximum Gasteiger partial charge on any atom is 0.192 e. The number of hydrogen-bond acceptors (Lipinski definition) is 3. The molecule has 0 aliphatic carbocycles. The quantitative estimate of drug-likeness (QED) is 0.630. The lowest BCUT2D eigenvalue weighted by Crippen LogP contribution is -1.88. The van der Waals surface area contributed by atoms with Crippen LogP contribution in [0.3, 0.4) is 0 Å². The Morgan fingerprint density at radius 2 is 1.95 bits per heavy atom. The van der Waals surface area contributed by atoms with Crippen molar-refractivity contribution in [2.45, 2.75) is 13.8 Å². The van der Waals surface area contributed by atoms with Crippen molar-refractivity contribution in [1.29, 1.82) is 0 Å². The highest BCUT2D eigenvalue weighted by molar-refractivity contribution is 6.30. The molecule has 0 N–H and O–H groups in total. The van der Waals surface area contributed by atoms with Crippen molar-refractivity contribution in [2.24, 2.45) is 0 Å². The first kappa shape index (κ1) is 13.7. The van der Waals surface area contributed by atoms with Crippen molar-refractivity contribution in [3.8, 4) is 11.5 Å². The van der Waals surface area contributed by atoms with E-state index in [1.54, 1.807) is 12.1 Å². The van der Waals surface area contributed by atoms with Crippen molar-refractivity contribution in [3.63, 3.8) is 0 Å². The SMILES string of the molecule is C/C=C/c1cc2oc(C)nc2cc1Oc1ccc(Cl)cc1. The number of aromatic nitrogens is 1. The highest BCUT2D eigenvalue weighted by atomic mass is 35.5. The van der Waals surface area contributed by atoms with Gasteiger partial charge in [0.15, 0.2) is 11.5 Å². The predicted octanol–water partition coefficient (Wildman–Crippen LogP) is 5.62. The summed E-state index contributed by atoms with van der Waals surface area (Å²) in [5.41, 5.74) is 2.48. The van der Waals surface area contributed by atoms with E-state index >= 15 is 0 Å². The van der Waals surface area contributed by atoms with Crippen molar-refractivity contribution in [2.75, 3.05) is 0 Å². The number of fused-ring (bicyclic) bond motifs is 1. The van der Waals surface area contributed by atoms with Crippen LogP contribution in [0.25, 0.3) is 17.2 Å². The third-order valence-electron chi connectivity index (χ3n) is 3.01. The second kappa shape index (κ2) is 5.62. The second-order valence-corrected chi connectivity index (χ2v) is 5.08. The summed E-state index contributed by atoms with van der Waals surface area (Å²) in [6.45, 7) is 3.79. The van der Waals surface area contributed by atoms with E-state index in [0.717, 1.165) is 28.2 Å². The molecule has 3 aromatic rings. The normalized spacial score (nSPS) is 11.4. The summed E-state index contributed by atoms with van der Waals surface area (Å²) in [6, 6.07) is 11.1. The molecule has 0 amide bonds. The average molecular weight is 300 g/mol. The molecular formula is C17H14ClNO2. The molecule has 0 atom stereocenters.